The Kier molecular flexibility index (Phi) is 4.61. The Morgan fingerprint density at radius 2 is 2.19 bits per heavy atom. The van der Waals surface area contributed by atoms with Crippen molar-refractivity contribution < 1.29 is 4.74 Å². The van der Waals surface area contributed by atoms with Crippen molar-refractivity contribution in [3.63, 3.8) is 0 Å². The van der Waals surface area contributed by atoms with Crippen molar-refractivity contribution in [1.82, 2.24) is 9.78 Å². The van der Waals surface area contributed by atoms with Gasteiger partial charge >= 0.3 is 5.82 Å². The fourth-order valence-corrected chi connectivity index (χ4v) is 2.87. The summed E-state index contributed by atoms with van der Waals surface area (Å²) in [6.07, 6.45) is 1.76. The average molecular weight is 299 g/mol. The third-order valence-corrected chi connectivity index (χ3v) is 5.03. The molecule has 0 aliphatic rings. The third-order valence-electron chi connectivity index (χ3n) is 3.33. The second-order valence-corrected chi connectivity index (χ2v) is 11.8. The van der Waals surface area contributed by atoms with Crippen molar-refractivity contribution in [1.29, 1.82) is 0 Å². The predicted octanol–water partition coefficient (Wildman–Crippen LogP) is 4.54. The predicted molar refractivity (Wildman–Crippen MR) is 90.2 cm³/mol. The number of benzene rings is 1. The maximum atomic E-state index is 7.29. The zero-order chi connectivity index (χ0) is 15.5. The first kappa shape index (κ1) is 15.5. The summed E-state index contributed by atoms with van der Waals surface area (Å²) in [4.78, 5) is 3.52. The molecule has 0 N–H and O–H groups in total. The first-order valence-corrected chi connectivity index (χ1v) is 10.7. The Balaban J connectivity index is 2.22. The van der Waals surface area contributed by atoms with Gasteiger partial charge in [-0.25, -0.2) is 0 Å². The average Bonchev–Trinajstić information content (AvgIpc) is 2.81. The molecule has 0 saturated carbocycles. The summed E-state index contributed by atoms with van der Waals surface area (Å²) in [5.41, 5.74) is 1.86. The molecule has 0 atom stereocenters. The van der Waals surface area contributed by atoms with Crippen LogP contribution in [0.5, 0.6) is 0 Å². The van der Waals surface area contributed by atoms with Crippen LogP contribution in [0.4, 0.5) is 5.82 Å². The van der Waals surface area contributed by atoms with Crippen LogP contribution >= 0.6 is 0 Å². The molecule has 0 radical (unpaired) electrons. The van der Waals surface area contributed by atoms with E-state index >= 15 is 0 Å². The standard InChI is InChI=1S/C16H21N3OSi/c1-6-13-8-7-9-14-15(13)16(17-2)18-19(14)12-20-10-11-21(3,4)5/h6-9H,1,10-12H2,3-5H3. The van der Waals surface area contributed by atoms with Crippen LogP contribution in [0, 0.1) is 6.57 Å². The summed E-state index contributed by atoms with van der Waals surface area (Å²) in [5.74, 6) is 0.411. The molecule has 2 rings (SSSR count). The molecule has 0 aliphatic heterocycles. The molecular formula is C16H21N3OSi. The van der Waals surface area contributed by atoms with E-state index in [1.165, 1.54) is 0 Å². The van der Waals surface area contributed by atoms with E-state index in [0.717, 1.165) is 29.1 Å². The molecular weight excluding hydrogens is 278 g/mol. The van der Waals surface area contributed by atoms with Crippen molar-refractivity contribution >= 4 is 30.9 Å². The molecule has 0 spiro atoms. The van der Waals surface area contributed by atoms with Crippen LogP contribution < -0.4 is 0 Å². The molecule has 0 bridgehead atoms. The van der Waals surface area contributed by atoms with E-state index in [-0.39, 0.29) is 0 Å². The lowest BCUT2D eigenvalue weighted by Gasteiger charge is -2.15. The Hall–Kier alpha value is -1.90. The van der Waals surface area contributed by atoms with E-state index in [1.54, 1.807) is 10.8 Å². The van der Waals surface area contributed by atoms with E-state index in [4.69, 9.17) is 11.3 Å². The smallest absolute Gasteiger partial charge is 0.303 e. The lowest BCUT2D eigenvalue weighted by atomic mass is 10.1. The molecule has 0 aliphatic carbocycles. The van der Waals surface area contributed by atoms with Gasteiger partial charge in [-0.1, -0.05) is 51.0 Å². The maximum absolute atomic E-state index is 7.29. The fraction of sp³-hybridized carbons (Fsp3) is 0.375. The Morgan fingerprint density at radius 3 is 2.81 bits per heavy atom. The number of ether oxygens (including phenoxy) is 1. The Morgan fingerprint density at radius 1 is 1.43 bits per heavy atom. The van der Waals surface area contributed by atoms with Gasteiger partial charge in [-0.3, -0.25) is 0 Å². The van der Waals surface area contributed by atoms with E-state index in [0.29, 0.717) is 12.5 Å². The van der Waals surface area contributed by atoms with Crippen molar-refractivity contribution in [3.8, 4) is 0 Å². The van der Waals surface area contributed by atoms with Gasteiger partial charge in [-0.15, -0.1) is 0 Å². The number of hydrogen-bond acceptors (Lipinski definition) is 2. The molecule has 0 saturated heterocycles. The van der Waals surface area contributed by atoms with Gasteiger partial charge in [0.1, 0.15) is 0 Å². The van der Waals surface area contributed by atoms with Crippen LogP contribution in [-0.4, -0.2) is 24.5 Å². The number of fused-ring (bicyclic) bond motifs is 1. The van der Waals surface area contributed by atoms with Gasteiger partial charge in [-0.05, 0) is 22.8 Å². The first-order valence-electron chi connectivity index (χ1n) is 7.03. The third kappa shape index (κ3) is 3.60. The normalized spacial score (nSPS) is 11.5. The van der Waals surface area contributed by atoms with E-state index in [9.17, 15) is 0 Å². The maximum Gasteiger partial charge on any atom is 0.303 e. The van der Waals surface area contributed by atoms with E-state index in [2.05, 4.69) is 36.2 Å². The van der Waals surface area contributed by atoms with Crippen LogP contribution in [0.25, 0.3) is 21.8 Å². The number of rotatable bonds is 6. The van der Waals surface area contributed by atoms with Gasteiger partial charge in [0.25, 0.3) is 0 Å². The van der Waals surface area contributed by atoms with Gasteiger partial charge in [0.2, 0.25) is 0 Å². The van der Waals surface area contributed by atoms with Crippen molar-refractivity contribution in [2.24, 2.45) is 0 Å². The Bertz CT molecular complexity index is 692. The minimum Gasteiger partial charge on any atom is -0.358 e. The van der Waals surface area contributed by atoms with Crippen LogP contribution in [0.2, 0.25) is 25.7 Å². The van der Waals surface area contributed by atoms with Gasteiger partial charge < -0.3 is 9.58 Å². The highest BCUT2D eigenvalue weighted by molar-refractivity contribution is 6.76. The molecule has 0 unspecified atom stereocenters. The molecule has 0 amide bonds. The highest BCUT2D eigenvalue weighted by Gasteiger charge is 2.16. The molecule has 2 aromatic rings. The molecule has 5 heteroatoms. The summed E-state index contributed by atoms with van der Waals surface area (Å²) in [6, 6.07) is 6.99. The van der Waals surface area contributed by atoms with Gasteiger partial charge in [0.15, 0.2) is 6.73 Å². The van der Waals surface area contributed by atoms with Crippen LogP contribution in [0.3, 0.4) is 0 Å². The highest BCUT2D eigenvalue weighted by atomic mass is 28.3. The molecule has 21 heavy (non-hydrogen) atoms. The first-order chi connectivity index (χ1) is 9.96. The number of hydrogen-bond donors (Lipinski definition) is 0. The van der Waals surface area contributed by atoms with Crippen molar-refractivity contribution in [2.45, 2.75) is 32.4 Å². The molecule has 4 nitrogen and oxygen atoms in total. The molecule has 0 fully saturated rings. The SMILES string of the molecule is [C-]#[N+]c1nn(COCC[Si](C)(C)C)c2cccc(C=C)c12. The number of nitrogens with zero attached hydrogens (tertiary/aromatic N) is 3. The fourth-order valence-electron chi connectivity index (χ4n) is 2.11. The van der Waals surface area contributed by atoms with E-state index < -0.39 is 8.07 Å². The highest BCUT2D eigenvalue weighted by Crippen LogP contribution is 2.29. The van der Waals surface area contributed by atoms with Gasteiger partial charge in [-0.2, -0.15) is 4.68 Å². The summed E-state index contributed by atoms with van der Waals surface area (Å²) in [5, 5.41) is 5.21. The quantitative estimate of drug-likeness (QED) is 0.445. The van der Waals surface area contributed by atoms with Crippen molar-refractivity contribution in [3.05, 3.63) is 41.8 Å². The topological polar surface area (TPSA) is 31.4 Å². The minimum atomic E-state index is -1.08. The minimum absolute atomic E-state index is 0.386. The van der Waals surface area contributed by atoms with E-state index in [1.807, 2.05) is 18.2 Å². The summed E-state index contributed by atoms with van der Waals surface area (Å²) >= 11 is 0. The van der Waals surface area contributed by atoms with Crippen LogP contribution in [0.1, 0.15) is 5.56 Å². The Labute approximate surface area is 126 Å². The molecule has 1 aromatic carbocycles. The lowest BCUT2D eigenvalue weighted by molar-refractivity contribution is 0.0819. The molecule has 1 heterocycles. The van der Waals surface area contributed by atoms with Crippen molar-refractivity contribution in [2.75, 3.05) is 6.61 Å². The van der Waals surface area contributed by atoms with Gasteiger partial charge in [0.05, 0.1) is 5.52 Å². The monoisotopic (exact) mass is 299 g/mol. The zero-order valence-corrected chi connectivity index (χ0v) is 13.9. The van der Waals surface area contributed by atoms with Crippen LogP contribution in [0.15, 0.2) is 24.8 Å². The summed E-state index contributed by atoms with van der Waals surface area (Å²) in [6.45, 7) is 19.2. The summed E-state index contributed by atoms with van der Waals surface area (Å²) in [7, 11) is -1.08. The number of aromatic nitrogens is 2. The van der Waals surface area contributed by atoms with Gasteiger partial charge in [0, 0.05) is 20.1 Å². The largest absolute Gasteiger partial charge is 0.358 e. The molecule has 1 aromatic heterocycles. The lowest BCUT2D eigenvalue weighted by Crippen LogP contribution is -2.22. The zero-order valence-electron chi connectivity index (χ0n) is 12.9. The summed E-state index contributed by atoms with van der Waals surface area (Å²) < 4.78 is 7.51. The second kappa shape index (κ2) is 6.25. The second-order valence-electron chi connectivity index (χ2n) is 6.23. The molecule has 110 valence electrons. The van der Waals surface area contributed by atoms with Crippen LogP contribution in [-0.2, 0) is 11.5 Å².